The molecule has 0 aromatic rings. The normalized spacial score (nSPS) is 28.9. The molecule has 0 radical (unpaired) electrons. The third-order valence-electron chi connectivity index (χ3n) is 4.06. The molecule has 134 valence electrons. The van der Waals surface area contributed by atoms with Gasteiger partial charge in [-0.2, -0.15) is 13.2 Å². The van der Waals surface area contributed by atoms with E-state index in [2.05, 4.69) is 4.74 Å². The second kappa shape index (κ2) is 7.77. The van der Waals surface area contributed by atoms with Crippen LogP contribution in [0.25, 0.3) is 0 Å². The van der Waals surface area contributed by atoms with E-state index in [1.807, 2.05) is 0 Å². The molecule has 0 aromatic heterocycles. The minimum absolute atomic E-state index is 0.0741. The van der Waals surface area contributed by atoms with Crippen molar-refractivity contribution >= 4 is 19.3 Å². The van der Waals surface area contributed by atoms with Crippen LogP contribution in [0.4, 0.5) is 13.2 Å². The summed E-state index contributed by atoms with van der Waals surface area (Å²) in [6.07, 6.45) is -3.59. The Labute approximate surface area is 132 Å². The number of ether oxygens (including phenoxy) is 1. The number of rotatable bonds is 5. The number of hydrogen-bond acceptors (Lipinski definition) is 5. The Morgan fingerprint density at radius 1 is 1.22 bits per heavy atom. The molecule has 0 bridgehead atoms. The summed E-state index contributed by atoms with van der Waals surface area (Å²) in [6, 6.07) is 0. The molecule has 0 spiro atoms. The summed E-state index contributed by atoms with van der Waals surface area (Å²) < 4.78 is 53.4. The molecule has 1 aliphatic rings. The molecular formula is C13H21F3NO5P. The number of unbranched alkanes of at least 4 members (excludes halogenated alkanes) is 1. The number of esters is 2. The first-order valence-corrected chi connectivity index (χ1v) is 9.27. The third kappa shape index (κ3) is 4.78. The van der Waals surface area contributed by atoms with E-state index in [1.54, 1.807) is 0 Å². The number of halogens is 3. The fourth-order valence-electron chi connectivity index (χ4n) is 2.75. The standard InChI is InChI=1S/C13H21F3NO5P/c14-13(15,16)11(19)22-10(18)12(7-3-4-8-17)6-2-1-5-9-23(12,20)21/h1-9,17H2,(H,20,21). The molecule has 2 atom stereocenters. The topological polar surface area (TPSA) is 107 Å². The second-order valence-corrected chi connectivity index (χ2v) is 8.39. The summed E-state index contributed by atoms with van der Waals surface area (Å²) in [6.45, 7) is 0.280. The monoisotopic (exact) mass is 359 g/mol. The highest BCUT2D eigenvalue weighted by Gasteiger charge is 2.56. The fourth-order valence-corrected chi connectivity index (χ4v) is 5.18. The Hall–Kier alpha value is -0.920. The molecule has 0 aromatic carbocycles. The van der Waals surface area contributed by atoms with Crippen LogP contribution in [0.2, 0.25) is 0 Å². The smallest absolute Gasteiger partial charge is 0.386 e. The Kier molecular flexibility index (Phi) is 6.80. The lowest BCUT2D eigenvalue weighted by molar-refractivity contribution is -0.202. The average Bonchev–Trinajstić information content (AvgIpc) is 2.57. The van der Waals surface area contributed by atoms with E-state index < -0.39 is 30.6 Å². The van der Waals surface area contributed by atoms with E-state index in [1.165, 1.54) is 0 Å². The van der Waals surface area contributed by atoms with Gasteiger partial charge in [-0.15, -0.1) is 0 Å². The van der Waals surface area contributed by atoms with Gasteiger partial charge in [0, 0.05) is 6.16 Å². The Morgan fingerprint density at radius 3 is 2.43 bits per heavy atom. The minimum Gasteiger partial charge on any atom is -0.386 e. The number of nitrogens with two attached hydrogens (primary N) is 1. The SMILES string of the molecule is NCCCCC1(C(=O)OC(=O)C(F)(F)F)CCCCCP1(=O)O. The van der Waals surface area contributed by atoms with Gasteiger partial charge in [-0.25, -0.2) is 4.79 Å². The van der Waals surface area contributed by atoms with E-state index in [9.17, 15) is 32.2 Å². The molecule has 0 amide bonds. The van der Waals surface area contributed by atoms with E-state index in [0.29, 0.717) is 25.7 Å². The van der Waals surface area contributed by atoms with Crippen molar-refractivity contribution in [3.05, 3.63) is 0 Å². The van der Waals surface area contributed by atoms with Crippen LogP contribution in [0.5, 0.6) is 0 Å². The van der Waals surface area contributed by atoms with E-state index in [0.717, 1.165) is 0 Å². The highest BCUT2D eigenvalue weighted by atomic mass is 31.2. The van der Waals surface area contributed by atoms with Crippen LogP contribution in [0.3, 0.4) is 0 Å². The first kappa shape index (κ1) is 20.1. The van der Waals surface area contributed by atoms with E-state index >= 15 is 0 Å². The van der Waals surface area contributed by atoms with Gasteiger partial charge in [0.1, 0.15) is 5.16 Å². The van der Waals surface area contributed by atoms with E-state index in [-0.39, 0.29) is 32.0 Å². The fraction of sp³-hybridized carbons (Fsp3) is 0.846. The maximum Gasteiger partial charge on any atom is 0.491 e. The van der Waals surface area contributed by atoms with Crippen molar-refractivity contribution in [2.45, 2.75) is 56.3 Å². The number of hydrogen-bond donors (Lipinski definition) is 2. The summed E-state index contributed by atoms with van der Waals surface area (Å²) in [5.41, 5.74) is 5.35. The molecule has 3 N–H and O–H groups in total. The zero-order valence-electron chi connectivity index (χ0n) is 12.6. The summed E-state index contributed by atoms with van der Waals surface area (Å²) in [5.74, 6) is -4.21. The molecule has 6 nitrogen and oxygen atoms in total. The van der Waals surface area contributed by atoms with Crippen LogP contribution in [-0.4, -0.2) is 40.9 Å². The Balaban J connectivity index is 3.09. The van der Waals surface area contributed by atoms with Gasteiger partial charge < -0.3 is 15.4 Å². The second-order valence-electron chi connectivity index (χ2n) is 5.69. The van der Waals surface area contributed by atoms with Crippen molar-refractivity contribution in [2.24, 2.45) is 5.73 Å². The quantitative estimate of drug-likeness (QED) is 0.338. The van der Waals surface area contributed by atoms with Gasteiger partial charge in [0.2, 0.25) is 7.37 Å². The van der Waals surface area contributed by atoms with Gasteiger partial charge in [0.15, 0.2) is 0 Å². The molecule has 0 aliphatic carbocycles. The van der Waals surface area contributed by atoms with Gasteiger partial charge in [-0.05, 0) is 32.2 Å². The van der Waals surface area contributed by atoms with Crippen molar-refractivity contribution in [3.8, 4) is 0 Å². The molecule has 1 fully saturated rings. The van der Waals surface area contributed by atoms with Crippen LogP contribution in [0, 0.1) is 0 Å². The predicted molar refractivity (Wildman–Crippen MR) is 76.0 cm³/mol. The van der Waals surface area contributed by atoms with Crippen molar-refractivity contribution < 1.29 is 37.0 Å². The minimum atomic E-state index is -5.34. The average molecular weight is 359 g/mol. The summed E-state index contributed by atoms with van der Waals surface area (Å²) in [7, 11) is -4.11. The van der Waals surface area contributed by atoms with Crippen molar-refractivity contribution in [1.29, 1.82) is 0 Å². The zero-order chi connectivity index (χ0) is 17.7. The molecule has 1 rings (SSSR count). The molecule has 1 aliphatic heterocycles. The van der Waals surface area contributed by atoms with Gasteiger partial charge in [0.25, 0.3) is 0 Å². The molecule has 0 saturated carbocycles. The molecular weight excluding hydrogens is 338 g/mol. The van der Waals surface area contributed by atoms with Crippen molar-refractivity contribution in [3.63, 3.8) is 0 Å². The van der Waals surface area contributed by atoms with Gasteiger partial charge in [0.05, 0.1) is 0 Å². The van der Waals surface area contributed by atoms with Crippen LogP contribution in [-0.2, 0) is 18.9 Å². The summed E-state index contributed by atoms with van der Waals surface area (Å²) in [4.78, 5) is 33.4. The van der Waals surface area contributed by atoms with Gasteiger partial charge >= 0.3 is 18.1 Å². The Bertz CT molecular complexity index is 496. The number of alkyl halides is 3. The lowest BCUT2D eigenvalue weighted by Crippen LogP contribution is -2.43. The Morgan fingerprint density at radius 2 is 1.87 bits per heavy atom. The third-order valence-corrected chi connectivity index (χ3v) is 6.95. The van der Waals surface area contributed by atoms with Crippen LogP contribution < -0.4 is 5.73 Å². The highest BCUT2D eigenvalue weighted by molar-refractivity contribution is 7.60. The number of carbonyl (C=O) groups excluding carboxylic acids is 2. The molecule has 23 heavy (non-hydrogen) atoms. The van der Waals surface area contributed by atoms with Crippen molar-refractivity contribution in [1.82, 2.24) is 0 Å². The van der Waals surface area contributed by atoms with Crippen LogP contribution >= 0.6 is 7.37 Å². The maximum atomic E-state index is 12.6. The van der Waals surface area contributed by atoms with Gasteiger partial charge in [-0.1, -0.05) is 19.3 Å². The van der Waals surface area contributed by atoms with Crippen LogP contribution in [0.1, 0.15) is 44.9 Å². The first-order valence-electron chi connectivity index (χ1n) is 7.42. The first-order chi connectivity index (χ1) is 10.6. The lowest BCUT2D eigenvalue weighted by atomic mass is 9.94. The van der Waals surface area contributed by atoms with E-state index in [4.69, 9.17) is 5.73 Å². The largest absolute Gasteiger partial charge is 0.491 e. The summed E-state index contributed by atoms with van der Waals surface area (Å²) >= 11 is 0. The highest BCUT2D eigenvalue weighted by Crippen LogP contribution is 2.61. The van der Waals surface area contributed by atoms with Crippen molar-refractivity contribution in [2.75, 3.05) is 12.7 Å². The molecule has 1 saturated heterocycles. The predicted octanol–water partition coefficient (Wildman–Crippen LogP) is 2.33. The molecule has 10 heteroatoms. The molecule has 2 unspecified atom stereocenters. The van der Waals surface area contributed by atoms with Crippen LogP contribution in [0.15, 0.2) is 0 Å². The lowest BCUT2D eigenvalue weighted by Gasteiger charge is -2.33. The zero-order valence-corrected chi connectivity index (χ0v) is 13.5. The van der Waals surface area contributed by atoms with Gasteiger partial charge in [-0.3, -0.25) is 9.36 Å². The number of carbonyl (C=O) groups is 2. The maximum absolute atomic E-state index is 12.6. The molecule has 1 heterocycles. The summed E-state index contributed by atoms with van der Waals surface area (Å²) in [5, 5.41) is -1.96.